The zero-order valence-electron chi connectivity index (χ0n) is 41.4. The second kappa shape index (κ2) is 24.6. The molecular weight excluding hydrogens is 940 g/mol. The molecule has 4 aliphatic rings. The molecule has 4 heterocycles. The van der Waals surface area contributed by atoms with E-state index in [1.165, 1.54) is 17.3 Å². The van der Waals surface area contributed by atoms with Gasteiger partial charge in [-0.15, -0.1) is 0 Å². The Labute approximate surface area is 417 Å². The number of rotatable bonds is 21. The average Bonchev–Trinajstić information content (AvgIpc) is 3.88. The monoisotopic (exact) mass is 1010 g/mol. The molecule has 2 aliphatic carbocycles. The van der Waals surface area contributed by atoms with Crippen molar-refractivity contribution in [1.29, 1.82) is 0 Å². The zero-order chi connectivity index (χ0) is 51.5. The third kappa shape index (κ3) is 13.7. The van der Waals surface area contributed by atoms with Crippen molar-refractivity contribution >= 4 is 52.2 Å². The summed E-state index contributed by atoms with van der Waals surface area (Å²) in [5, 5.41) is 15.0. The Kier molecular flexibility index (Phi) is 18.4. The first-order valence-corrected chi connectivity index (χ1v) is 25.0. The fourth-order valence-corrected chi connectivity index (χ4v) is 10.5. The van der Waals surface area contributed by atoms with Crippen molar-refractivity contribution in [3.05, 3.63) is 60.2 Å². The molecule has 392 valence electrons. The van der Waals surface area contributed by atoms with Crippen molar-refractivity contribution in [3.63, 3.8) is 0 Å². The minimum absolute atomic E-state index is 0.0440. The molecular formula is C50H68F3N11O8. The largest absolute Gasteiger partial charge is 0.416 e. The number of amides is 6. The van der Waals surface area contributed by atoms with Gasteiger partial charge in [0.2, 0.25) is 35.4 Å². The molecule has 2 aliphatic heterocycles. The quantitative estimate of drug-likeness (QED) is 0.0967. The van der Waals surface area contributed by atoms with E-state index in [1.807, 2.05) is 11.0 Å². The molecule has 19 nitrogen and oxygen atoms in total. The van der Waals surface area contributed by atoms with Gasteiger partial charge in [-0.05, 0) is 102 Å². The topological polar surface area (TPSA) is 229 Å². The summed E-state index contributed by atoms with van der Waals surface area (Å²) >= 11 is 0. The normalized spacial score (nSPS) is 24.7. The van der Waals surface area contributed by atoms with E-state index in [1.54, 1.807) is 25.5 Å². The molecule has 0 spiro atoms. The second-order valence-corrected chi connectivity index (χ2v) is 19.6. The average molecular weight is 1010 g/mol. The summed E-state index contributed by atoms with van der Waals surface area (Å²) < 4.78 is 51.9. The van der Waals surface area contributed by atoms with E-state index in [-0.39, 0.29) is 129 Å². The summed E-state index contributed by atoms with van der Waals surface area (Å²) in [4.78, 5) is 96.5. The lowest BCUT2D eigenvalue weighted by Crippen LogP contribution is -2.59. The summed E-state index contributed by atoms with van der Waals surface area (Å²) in [7, 11) is 3.72. The minimum Gasteiger partial charge on any atom is -0.379 e. The van der Waals surface area contributed by atoms with E-state index in [0.717, 1.165) is 24.1 Å². The number of nitrogens with one attached hydrogen (secondary N) is 5. The van der Waals surface area contributed by atoms with Crippen LogP contribution in [0.1, 0.15) is 95.2 Å². The predicted octanol–water partition coefficient (Wildman–Crippen LogP) is 3.35. The molecule has 2 saturated carbocycles. The first kappa shape index (κ1) is 53.8. The lowest BCUT2D eigenvalue weighted by molar-refractivity contribution is -0.137. The molecule has 1 aromatic carbocycles. The van der Waals surface area contributed by atoms with Gasteiger partial charge in [0, 0.05) is 74.8 Å². The minimum atomic E-state index is -4.55. The van der Waals surface area contributed by atoms with Gasteiger partial charge in [0.15, 0.2) is 0 Å². The number of benzene rings is 1. The predicted molar refractivity (Wildman–Crippen MR) is 259 cm³/mol. The summed E-state index contributed by atoms with van der Waals surface area (Å²) in [5.41, 5.74) is 0.241. The molecule has 72 heavy (non-hydrogen) atoms. The second-order valence-electron chi connectivity index (χ2n) is 19.6. The van der Waals surface area contributed by atoms with Gasteiger partial charge in [-0.1, -0.05) is 6.07 Å². The number of halogens is 3. The zero-order valence-corrected chi connectivity index (χ0v) is 41.4. The number of hydrogen-bond donors (Lipinski definition) is 5. The number of alkyl halides is 3. The molecule has 22 heteroatoms. The molecule has 6 amide bonds. The molecule has 0 unspecified atom stereocenters. The lowest BCUT2D eigenvalue weighted by atomic mass is 9.82. The van der Waals surface area contributed by atoms with Crippen LogP contribution >= 0.6 is 0 Å². The number of nitrogens with zero attached hydrogens (tertiary/aromatic N) is 6. The van der Waals surface area contributed by atoms with Crippen LogP contribution in [0.15, 0.2) is 49.1 Å². The Balaban J connectivity index is 0.780. The first-order valence-electron chi connectivity index (χ1n) is 25.0. The Bertz CT molecular complexity index is 2370. The Morgan fingerprint density at radius 3 is 2.38 bits per heavy atom. The van der Waals surface area contributed by atoms with Gasteiger partial charge >= 0.3 is 6.18 Å². The van der Waals surface area contributed by atoms with E-state index in [4.69, 9.17) is 9.47 Å². The standard InChI is InChI=1S/C50H68F3N11O8/c1-30(2)62(3)35-12-14-41(64-19-15-39(49(64)70)60-46-36-24-33(50(51,52)53)9-13-38(36)57-29-58-46)40(25-35)61-47(68)31-7-10-34(11-8-31)59-42(65)16-20-71-22-23-72-21-18-55-43(66)28-56-48(69)37-26-44(67)63(4)45(37)32-6-5-17-54-27-32/h5-6,9,13,17,24,27,29-31,34-35,37,39-41,45H,7-8,10-12,14-16,18-23,25-26,28H2,1-4H3,(H,55,66)(H,56,69)(H,59,65)(H,61,68)(H,57,58,60)/t31-,34+,35-,37+,39+,40-,41+,45-/m1/s1. The molecule has 5 N–H and O–H groups in total. The van der Waals surface area contributed by atoms with Crippen LogP contribution in [0.2, 0.25) is 0 Å². The van der Waals surface area contributed by atoms with E-state index >= 15 is 0 Å². The van der Waals surface area contributed by atoms with Gasteiger partial charge in [0.05, 0.1) is 68.1 Å². The van der Waals surface area contributed by atoms with Crippen LogP contribution in [0.5, 0.6) is 0 Å². The van der Waals surface area contributed by atoms with Crippen LogP contribution in [0.25, 0.3) is 10.9 Å². The number of fused-ring (bicyclic) bond motifs is 1. The maximum atomic E-state index is 14.1. The Morgan fingerprint density at radius 2 is 1.65 bits per heavy atom. The van der Waals surface area contributed by atoms with Gasteiger partial charge in [-0.2, -0.15) is 13.2 Å². The lowest BCUT2D eigenvalue weighted by Gasteiger charge is -2.45. The van der Waals surface area contributed by atoms with Gasteiger partial charge in [0.25, 0.3) is 0 Å². The van der Waals surface area contributed by atoms with Gasteiger partial charge in [-0.25, -0.2) is 9.97 Å². The number of anilines is 1. The van der Waals surface area contributed by atoms with Crippen LogP contribution in [0.3, 0.4) is 0 Å². The highest BCUT2D eigenvalue weighted by Gasteiger charge is 2.45. The molecule has 3 aromatic rings. The Hall–Kier alpha value is -6.00. The summed E-state index contributed by atoms with van der Waals surface area (Å²) in [6.07, 6.45) is 5.21. The maximum absolute atomic E-state index is 14.1. The van der Waals surface area contributed by atoms with Crippen LogP contribution in [-0.2, 0) is 44.4 Å². The molecule has 4 fully saturated rings. The highest BCUT2D eigenvalue weighted by atomic mass is 19.4. The van der Waals surface area contributed by atoms with Crippen molar-refractivity contribution in [2.45, 2.75) is 127 Å². The number of carbonyl (C=O) groups is 6. The highest BCUT2D eigenvalue weighted by Crippen LogP contribution is 2.38. The number of aromatic nitrogens is 3. The molecule has 2 saturated heterocycles. The van der Waals surface area contributed by atoms with Crippen molar-refractivity contribution < 1.29 is 51.4 Å². The maximum Gasteiger partial charge on any atom is 0.416 e. The number of ether oxygens (including phenoxy) is 2. The third-order valence-corrected chi connectivity index (χ3v) is 14.7. The van der Waals surface area contributed by atoms with Crippen LogP contribution in [0.4, 0.5) is 19.0 Å². The number of likely N-dealkylation sites (tertiary alicyclic amines) is 2. The SMILES string of the molecule is CC(C)N(C)[C@@H]1CC[C@H](N2CC[C@H](Nc3ncnc4ccc(C(F)(F)F)cc34)C2=O)[C@H](NC(=O)[C@H]2CC[C@@H](NC(=O)CCOCCOCCNC(=O)CNC(=O)[C@H]3CC(=O)N(C)[C@@H]3c3cccnc3)CC2)C1. The summed E-state index contributed by atoms with van der Waals surface area (Å²) in [5.74, 6) is -2.07. The van der Waals surface area contributed by atoms with Crippen molar-refractivity contribution in [1.82, 2.24) is 50.9 Å². The van der Waals surface area contributed by atoms with E-state index in [9.17, 15) is 41.9 Å². The number of carbonyl (C=O) groups excluding carboxylic acids is 6. The van der Waals surface area contributed by atoms with E-state index < -0.39 is 35.6 Å². The fourth-order valence-electron chi connectivity index (χ4n) is 10.5. The van der Waals surface area contributed by atoms with Crippen molar-refractivity contribution in [3.8, 4) is 0 Å². The van der Waals surface area contributed by atoms with Crippen molar-refractivity contribution in [2.24, 2.45) is 11.8 Å². The molecule has 2 aromatic heterocycles. The summed E-state index contributed by atoms with van der Waals surface area (Å²) in [6.45, 7) is 5.56. The number of hydrogen-bond acceptors (Lipinski definition) is 13. The molecule has 0 bridgehead atoms. The van der Waals surface area contributed by atoms with Gasteiger partial charge in [0.1, 0.15) is 18.2 Å². The molecule has 6 atom stereocenters. The van der Waals surface area contributed by atoms with Crippen LogP contribution in [-0.4, -0.2) is 162 Å². The first-order chi connectivity index (χ1) is 34.5. The van der Waals surface area contributed by atoms with E-state index in [0.29, 0.717) is 57.0 Å². The Morgan fingerprint density at radius 1 is 0.889 bits per heavy atom. The van der Waals surface area contributed by atoms with Gasteiger partial charge < -0.3 is 50.8 Å². The molecule has 0 radical (unpaired) electrons. The molecule has 7 rings (SSSR count). The van der Waals surface area contributed by atoms with E-state index in [2.05, 4.69) is 67.3 Å². The van der Waals surface area contributed by atoms with Crippen LogP contribution in [0, 0.1) is 11.8 Å². The van der Waals surface area contributed by atoms with Gasteiger partial charge in [-0.3, -0.25) is 33.8 Å². The number of pyridine rings is 1. The fraction of sp³-hybridized carbons (Fsp3) is 0.620. The summed E-state index contributed by atoms with van der Waals surface area (Å²) in [6, 6.07) is 5.47. The van der Waals surface area contributed by atoms with Crippen LogP contribution < -0.4 is 26.6 Å². The smallest absolute Gasteiger partial charge is 0.379 e. The van der Waals surface area contributed by atoms with Crippen molar-refractivity contribution in [2.75, 3.05) is 65.5 Å². The third-order valence-electron chi connectivity index (χ3n) is 14.7. The highest BCUT2D eigenvalue weighted by molar-refractivity contribution is 5.94.